The Hall–Kier alpha value is -3.27. The predicted molar refractivity (Wildman–Crippen MR) is 130 cm³/mol. The third-order valence-corrected chi connectivity index (χ3v) is 6.67. The molecule has 4 rings (SSSR count). The van der Waals surface area contributed by atoms with E-state index in [0.29, 0.717) is 6.04 Å². The average molecular weight is 505 g/mol. The van der Waals surface area contributed by atoms with Gasteiger partial charge in [0.25, 0.3) is 5.91 Å². The fourth-order valence-electron chi connectivity index (χ4n) is 4.93. The van der Waals surface area contributed by atoms with Crippen LogP contribution in [0.1, 0.15) is 35.2 Å². The normalized spacial score (nSPS) is 19.2. The fourth-order valence-corrected chi connectivity index (χ4v) is 4.93. The standard InChI is InChI=1S/C26H31F3N4O3/c1-18-4-2-6-22(14-18)32-12-9-21(10-13-32)33-11-8-20(17-33)31-24(34)16-30-25(35)19-5-3-7-23(15-19)36-26(27,28)29/h2-7,14-15,20-21H,8-13,16-17H2,1H3,(H,30,35)(H,31,34)/t20-/m1/s1. The maximum Gasteiger partial charge on any atom is 0.573 e. The number of carbonyl (C=O) groups excluding carboxylic acids is 2. The van der Waals surface area contributed by atoms with Gasteiger partial charge in [-0.1, -0.05) is 18.2 Å². The van der Waals surface area contributed by atoms with Crippen LogP contribution in [0.4, 0.5) is 18.9 Å². The Bertz CT molecular complexity index is 1070. The number of benzene rings is 2. The molecule has 0 saturated carbocycles. The minimum absolute atomic E-state index is 0.00715. The number of amides is 2. The van der Waals surface area contributed by atoms with Crippen molar-refractivity contribution in [3.63, 3.8) is 0 Å². The fraction of sp³-hybridized carbons (Fsp3) is 0.462. The molecular formula is C26H31F3N4O3. The molecule has 1 atom stereocenters. The smallest absolute Gasteiger partial charge is 0.406 e. The molecule has 36 heavy (non-hydrogen) atoms. The molecule has 0 aromatic heterocycles. The predicted octanol–water partition coefficient (Wildman–Crippen LogP) is 3.48. The zero-order chi connectivity index (χ0) is 25.7. The summed E-state index contributed by atoms with van der Waals surface area (Å²) in [5.41, 5.74) is 2.50. The molecule has 2 heterocycles. The van der Waals surface area contributed by atoms with Crippen molar-refractivity contribution in [2.24, 2.45) is 0 Å². The van der Waals surface area contributed by atoms with Crippen LogP contribution < -0.4 is 20.3 Å². The molecule has 2 aliphatic heterocycles. The van der Waals surface area contributed by atoms with E-state index < -0.39 is 18.0 Å². The first-order valence-corrected chi connectivity index (χ1v) is 12.2. The van der Waals surface area contributed by atoms with Gasteiger partial charge in [-0.2, -0.15) is 0 Å². The van der Waals surface area contributed by atoms with Crippen molar-refractivity contribution in [1.29, 1.82) is 0 Å². The van der Waals surface area contributed by atoms with Crippen LogP contribution in [0.15, 0.2) is 48.5 Å². The van der Waals surface area contributed by atoms with Gasteiger partial charge in [-0.25, -0.2) is 0 Å². The van der Waals surface area contributed by atoms with E-state index in [2.05, 4.69) is 56.4 Å². The van der Waals surface area contributed by atoms with Gasteiger partial charge >= 0.3 is 6.36 Å². The molecule has 194 valence electrons. The summed E-state index contributed by atoms with van der Waals surface area (Å²) in [7, 11) is 0. The monoisotopic (exact) mass is 504 g/mol. The second-order valence-electron chi connectivity index (χ2n) is 9.36. The highest BCUT2D eigenvalue weighted by Crippen LogP contribution is 2.26. The molecule has 2 N–H and O–H groups in total. The third kappa shape index (κ3) is 7.13. The minimum Gasteiger partial charge on any atom is -0.406 e. The van der Waals surface area contributed by atoms with E-state index in [1.807, 2.05) is 0 Å². The molecule has 10 heteroatoms. The lowest BCUT2D eigenvalue weighted by atomic mass is 10.0. The maximum absolute atomic E-state index is 12.4. The lowest BCUT2D eigenvalue weighted by Crippen LogP contribution is -2.46. The van der Waals surface area contributed by atoms with Crippen molar-refractivity contribution < 1.29 is 27.5 Å². The van der Waals surface area contributed by atoms with Crippen molar-refractivity contribution in [3.05, 3.63) is 59.7 Å². The number of carbonyl (C=O) groups is 2. The third-order valence-electron chi connectivity index (χ3n) is 6.67. The second kappa shape index (κ2) is 11.2. The van der Waals surface area contributed by atoms with Crippen molar-refractivity contribution in [1.82, 2.24) is 15.5 Å². The van der Waals surface area contributed by atoms with E-state index in [0.717, 1.165) is 57.6 Å². The number of piperidine rings is 1. The van der Waals surface area contributed by atoms with Crippen LogP contribution in [0, 0.1) is 6.92 Å². The first-order valence-electron chi connectivity index (χ1n) is 12.2. The van der Waals surface area contributed by atoms with E-state index >= 15 is 0 Å². The van der Waals surface area contributed by atoms with E-state index in [1.165, 1.54) is 23.4 Å². The zero-order valence-electron chi connectivity index (χ0n) is 20.2. The van der Waals surface area contributed by atoms with Crippen LogP contribution in [-0.4, -0.2) is 67.9 Å². The largest absolute Gasteiger partial charge is 0.573 e. The molecule has 2 aromatic rings. The molecular weight excluding hydrogens is 473 g/mol. The van der Waals surface area contributed by atoms with Gasteiger partial charge in [-0.05, 0) is 62.1 Å². The molecule has 2 amide bonds. The quantitative estimate of drug-likeness (QED) is 0.604. The number of halogens is 3. The van der Waals surface area contributed by atoms with Crippen molar-refractivity contribution >= 4 is 17.5 Å². The number of aryl methyl sites for hydroxylation is 1. The van der Waals surface area contributed by atoms with Crippen LogP contribution in [0.5, 0.6) is 5.75 Å². The average Bonchev–Trinajstić information content (AvgIpc) is 3.30. The Morgan fingerprint density at radius 2 is 1.78 bits per heavy atom. The lowest BCUT2D eigenvalue weighted by molar-refractivity contribution is -0.274. The van der Waals surface area contributed by atoms with Gasteiger partial charge < -0.3 is 20.3 Å². The molecule has 2 aliphatic rings. The SMILES string of the molecule is Cc1cccc(N2CCC(N3CC[C@@H](NC(=O)CNC(=O)c4cccc(OC(F)(F)F)c4)C3)CC2)c1. The number of anilines is 1. The van der Waals surface area contributed by atoms with Crippen LogP contribution in [0.2, 0.25) is 0 Å². The number of nitrogens with zero attached hydrogens (tertiary/aromatic N) is 2. The number of rotatable bonds is 7. The molecule has 0 unspecified atom stereocenters. The molecule has 2 fully saturated rings. The van der Waals surface area contributed by atoms with Gasteiger partial charge in [-0.15, -0.1) is 13.2 Å². The lowest BCUT2D eigenvalue weighted by Gasteiger charge is -2.38. The Balaban J connectivity index is 1.19. The highest BCUT2D eigenvalue weighted by Gasteiger charge is 2.32. The molecule has 0 aliphatic carbocycles. The van der Waals surface area contributed by atoms with Crippen molar-refractivity contribution in [3.8, 4) is 5.75 Å². The van der Waals surface area contributed by atoms with Crippen LogP contribution >= 0.6 is 0 Å². The number of ether oxygens (including phenoxy) is 1. The maximum atomic E-state index is 12.4. The zero-order valence-corrected chi connectivity index (χ0v) is 20.2. The molecule has 0 bridgehead atoms. The summed E-state index contributed by atoms with van der Waals surface area (Å²) < 4.78 is 41.0. The molecule has 0 spiro atoms. The highest BCUT2D eigenvalue weighted by molar-refractivity contribution is 5.96. The van der Waals surface area contributed by atoms with Gasteiger partial charge in [0.1, 0.15) is 5.75 Å². The number of hydrogen-bond acceptors (Lipinski definition) is 5. The topological polar surface area (TPSA) is 73.9 Å². The van der Waals surface area contributed by atoms with Crippen molar-refractivity contribution in [2.45, 2.75) is 44.6 Å². The summed E-state index contributed by atoms with van der Waals surface area (Å²) in [5.74, 6) is -1.46. The summed E-state index contributed by atoms with van der Waals surface area (Å²) >= 11 is 0. The summed E-state index contributed by atoms with van der Waals surface area (Å²) in [6.45, 7) is 5.54. The Morgan fingerprint density at radius 1 is 1.03 bits per heavy atom. The highest BCUT2D eigenvalue weighted by atomic mass is 19.4. The number of hydrogen-bond donors (Lipinski definition) is 2. The summed E-state index contributed by atoms with van der Waals surface area (Å²) in [5, 5.41) is 5.41. The van der Waals surface area contributed by atoms with E-state index in [9.17, 15) is 22.8 Å². The van der Waals surface area contributed by atoms with E-state index in [4.69, 9.17) is 0 Å². The Labute approximate surface area is 208 Å². The summed E-state index contributed by atoms with van der Waals surface area (Å²) in [6, 6.07) is 13.8. The number of nitrogens with one attached hydrogen (secondary N) is 2. The molecule has 2 saturated heterocycles. The molecule has 0 radical (unpaired) electrons. The van der Waals surface area contributed by atoms with Crippen LogP contribution in [0.3, 0.4) is 0 Å². The van der Waals surface area contributed by atoms with E-state index in [1.54, 1.807) is 0 Å². The Kier molecular flexibility index (Phi) is 8.03. The number of likely N-dealkylation sites (tertiary alicyclic amines) is 1. The van der Waals surface area contributed by atoms with E-state index in [-0.39, 0.29) is 24.1 Å². The van der Waals surface area contributed by atoms with Gasteiger partial charge in [0.15, 0.2) is 0 Å². The van der Waals surface area contributed by atoms with Crippen LogP contribution in [0.25, 0.3) is 0 Å². The summed E-state index contributed by atoms with van der Waals surface area (Å²) in [6.07, 6.45) is -1.86. The van der Waals surface area contributed by atoms with Gasteiger partial charge in [0.05, 0.1) is 6.54 Å². The van der Waals surface area contributed by atoms with Gasteiger partial charge in [0, 0.05) is 49.5 Å². The molecule has 7 nitrogen and oxygen atoms in total. The first-order chi connectivity index (χ1) is 17.2. The molecule has 2 aromatic carbocycles. The van der Waals surface area contributed by atoms with Crippen molar-refractivity contribution in [2.75, 3.05) is 37.6 Å². The minimum atomic E-state index is -4.85. The van der Waals surface area contributed by atoms with Gasteiger partial charge in [0.2, 0.25) is 5.91 Å². The number of alkyl halides is 3. The first kappa shape index (κ1) is 25.8. The van der Waals surface area contributed by atoms with Gasteiger partial charge in [-0.3, -0.25) is 14.5 Å². The summed E-state index contributed by atoms with van der Waals surface area (Å²) in [4.78, 5) is 29.5. The van der Waals surface area contributed by atoms with Crippen LogP contribution in [-0.2, 0) is 4.79 Å². The second-order valence-corrected chi connectivity index (χ2v) is 9.36. The Morgan fingerprint density at radius 3 is 2.50 bits per heavy atom.